The average molecular weight is 312 g/mol. The summed E-state index contributed by atoms with van der Waals surface area (Å²) in [6.07, 6.45) is 6.27. The molecule has 0 aliphatic rings. The van der Waals surface area contributed by atoms with Gasteiger partial charge in [0.2, 0.25) is 0 Å². The van der Waals surface area contributed by atoms with Crippen LogP contribution in [0.25, 0.3) is 0 Å². The third-order valence-corrected chi connectivity index (χ3v) is 3.84. The molecule has 0 saturated carbocycles. The van der Waals surface area contributed by atoms with Gasteiger partial charge in [-0.2, -0.15) is 0 Å². The second kappa shape index (κ2) is 12.3. The highest BCUT2D eigenvalue weighted by atomic mass is 16.5. The van der Waals surface area contributed by atoms with Gasteiger partial charge < -0.3 is 14.4 Å². The molecule has 0 aliphatic carbocycles. The van der Waals surface area contributed by atoms with Crippen LogP contribution in [-0.2, 0) is 6.42 Å². The van der Waals surface area contributed by atoms with E-state index >= 15 is 0 Å². The largest absolute Gasteiger partial charge is 0.497 e. The van der Waals surface area contributed by atoms with Crippen LogP contribution in [0.4, 0.5) is 0 Å². The molecule has 0 atom stereocenters. The van der Waals surface area contributed by atoms with Gasteiger partial charge in [0, 0.05) is 7.47 Å². The number of methoxy groups -OCH3 is 2. The molecule has 0 radical (unpaired) electrons. The van der Waals surface area contributed by atoms with Gasteiger partial charge in [0.05, 0.1) is 14.2 Å². The zero-order valence-electron chi connectivity index (χ0n) is 15.6. The van der Waals surface area contributed by atoms with Crippen LogP contribution in [-0.4, -0.2) is 39.3 Å². The Kier molecular flexibility index (Phi) is 11.7. The van der Waals surface area contributed by atoms with E-state index in [9.17, 15) is 0 Å². The standard InChI is InChI=1S/C10H14O2.C9H21N.H2/c1-4-8-7-9(11-2)5-6-10(8)12-3;1-5-7-9(8-6-2)10(3)4;/h5-7H,4H2,1-3H3;9H,5-8H2,1-4H3;1H. The lowest BCUT2D eigenvalue weighted by Gasteiger charge is -2.22. The lowest BCUT2D eigenvalue weighted by atomic mass is 10.1. The van der Waals surface area contributed by atoms with Crippen molar-refractivity contribution in [2.24, 2.45) is 0 Å². The summed E-state index contributed by atoms with van der Waals surface area (Å²) in [5.74, 6) is 1.81. The van der Waals surface area contributed by atoms with Crippen molar-refractivity contribution in [3.05, 3.63) is 23.8 Å². The minimum absolute atomic E-state index is 0. The minimum atomic E-state index is 0. The van der Waals surface area contributed by atoms with Crippen LogP contribution in [0.15, 0.2) is 18.2 Å². The SMILES string of the molecule is CCCC(CCC)N(C)C.CCc1cc(OC)ccc1OC.[HH]. The third-order valence-electron chi connectivity index (χ3n) is 3.84. The fourth-order valence-electron chi connectivity index (χ4n) is 2.49. The van der Waals surface area contributed by atoms with Gasteiger partial charge in [0.1, 0.15) is 11.5 Å². The maximum absolute atomic E-state index is 5.18. The maximum atomic E-state index is 5.18. The molecule has 1 rings (SSSR count). The van der Waals surface area contributed by atoms with E-state index in [0.29, 0.717) is 0 Å². The molecule has 0 spiro atoms. The molecule has 0 bridgehead atoms. The molecule has 130 valence electrons. The Hall–Kier alpha value is -1.22. The van der Waals surface area contributed by atoms with Crippen molar-refractivity contribution in [2.45, 2.75) is 58.9 Å². The topological polar surface area (TPSA) is 21.7 Å². The van der Waals surface area contributed by atoms with Gasteiger partial charge in [0.25, 0.3) is 0 Å². The van der Waals surface area contributed by atoms with Gasteiger partial charge >= 0.3 is 0 Å². The number of benzene rings is 1. The summed E-state index contributed by atoms with van der Waals surface area (Å²) in [5, 5.41) is 0. The molecule has 0 heterocycles. The van der Waals surface area contributed by atoms with Crippen LogP contribution < -0.4 is 9.47 Å². The first kappa shape index (κ1) is 20.8. The lowest BCUT2D eigenvalue weighted by molar-refractivity contribution is 0.261. The monoisotopic (exact) mass is 311 g/mol. The Morgan fingerprint density at radius 3 is 1.95 bits per heavy atom. The second-order valence-electron chi connectivity index (χ2n) is 5.73. The molecule has 0 unspecified atom stereocenters. The van der Waals surface area contributed by atoms with E-state index < -0.39 is 0 Å². The molecule has 1 aromatic carbocycles. The molecule has 3 nitrogen and oxygen atoms in total. The van der Waals surface area contributed by atoms with Crippen molar-refractivity contribution in [1.29, 1.82) is 0 Å². The summed E-state index contributed by atoms with van der Waals surface area (Å²) in [6, 6.07) is 6.64. The Labute approximate surface area is 139 Å². The van der Waals surface area contributed by atoms with Crippen LogP contribution in [0.1, 0.15) is 53.4 Å². The first-order chi connectivity index (χ1) is 10.5. The predicted molar refractivity (Wildman–Crippen MR) is 98.3 cm³/mol. The number of hydrogen-bond donors (Lipinski definition) is 0. The van der Waals surface area contributed by atoms with Crippen molar-refractivity contribution < 1.29 is 10.9 Å². The first-order valence-electron chi connectivity index (χ1n) is 8.41. The number of hydrogen-bond acceptors (Lipinski definition) is 3. The summed E-state index contributed by atoms with van der Waals surface area (Å²) in [6.45, 7) is 6.61. The molecular formula is C19H37NO2. The molecule has 0 fully saturated rings. The Balaban J connectivity index is 0. The zero-order valence-corrected chi connectivity index (χ0v) is 15.6. The van der Waals surface area contributed by atoms with E-state index in [1.807, 2.05) is 18.2 Å². The lowest BCUT2D eigenvalue weighted by Crippen LogP contribution is -2.27. The highest BCUT2D eigenvalue weighted by Gasteiger charge is 2.07. The van der Waals surface area contributed by atoms with Gasteiger partial charge in [-0.3, -0.25) is 0 Å². The molecule has 22 heavy (non-hydrogen) atoms. The molecular weight excluding hydrogens is 274 g/mol. The number of aryl methyl sites for hydroxylation is 1. The summed E-state index contributed by atoms with van der Waals surface area (Å²) in [7, 11) is 7.70. The molecule has 0 N–H and O–H groups in total. The van der Waals surface area contributed by atoms with E-state index in [4.69, 9.17) is 9.47 Å². The normalized spacial score (nSPS) is 10.4. The van der Waals surface area contributed by atoms with Crippen LogP contribution in [0.2, 0.25) is 0 Å². The van der Waals surface area contributed by atoms with Crippen LogP contribution in [0, 0.1) is 0 Å². The van der Waals surface area contributed by atoms with E-state index in [1.165, 1.54) is 31.2 Å². The predicted octanol–water partition coefficient (Wildman–Crippen LogP) is 5.03. The second-order valence-corrected chi connectivity index (χ2v) is 5.73. The molecule has 0 amide bonds. The highest BCUT2D eigenvalue weighted by molar-refractivity contribution is 5.40. The van der Waals surface area contributed by atoms with E-state index in [1.54, 1.807) is 14.2 Å². The first-order valence-corrected chi connectivity index (χ1v) is 8.41. The number of rotatable bonds is 8. The summed E-state index contributed by atoms with van der Waals surface area (Å²) < 4.78 is 10.3. The van der Waals surface area contributed by atoms with Gasteiger partial charge in [-0.05, 0) is 57.1 Å². The molecule has 3 heteroatoms. The van der Waals surface area contributed by atoms with Gasteiger partial charge in [0.15, 0.2) is 0 Å². The highest BCUT2D eigenvalue weighted by Crippen LogP contribution is 2.23. The van der Waals surface area contributed by atoms with Gasteiger partial charge in [-0.1, -0.05) is 33.6 Å². The van der Waals surface area contributed by atoms with Crippen molar-refractivity contribution in [3.63, 3.8) is 0 Å². The maximum Gasteiger partial charge on any atom is 0.122 e. The smallest absolute Gasteiger partial charge is 0.122 e. The van der Waals surface area contributed by atoms with E-state index in [0.717, 1.165) is 24.0 Å². The molecule has 0 aliphatic heterocycles. The Bertz CT molecular complexity index is 391. The molecule has 1 aromatic rings. The Morgan fingerprint density at radius 2 is 1.59 bits per heavy atom. The van der Waals surface area contributed by atoms with E-state index in [2.05, 4.69) is 39.8 Å². The summed E-state index contributed by atoms with van der Waals surface area (Å²) >= 11 is 0. The molecule has 0 saturated heterocycles. The number of nitrogens with zero attached hydrogens (tertiary/aromatic N) is 1. The third kappa shape index (κ3) is 7.69. The van der Waals surface area contributed by atoms with Crippen LogP contribution >= 0.6 is 0 Å². The zero-order chi connectivity index (χ0) is 17.0. The van der Waals surface area contributed by atoms with Crippen LogP contribution in [0.5, 0.6) is 11.5 Å². The van der Waals surface area contributed by atoms with Crippen molar-refractivity contribution in [3.8, 4) is 11.5 Å². The van der Waals surface area contributed by atoms with Crippen molar-refractivity contribution >= 4 is 0 Å². The quantitative estimate of drug-likeness (QED) is 0.672. The minimum Gasteiger partial charge on any atom is -0.497 e. The fraction of sp³-hybridized carbons (Fsp3) is 0.684. The summed E-state index contributed by atoms with van der Waals surface area (Å²) in [4.78, 5) is 2.34. The van der Waals surface area contributed by atoms with Crippen molar-refractivity contribution in [2.75, 3.05) is 28.3 Å². The summed E-state index contributed by atoms with van der Waals surface area (Å²) in [5.41, 5.74) is 1.18. The van der Waals surface area contributed by atoms with Crippen LogP contribution in [0.3, 0.4) is 0 Å². The van der Waals surface area contributed by atoms with Crippen molar-refractivity contribution in [1.82, 2.24) is 4.90 Å². The van der Waals surface area contributed by atoms with Gasteiger partial charge in [-0.25, -0.2) is 0 Å². The Morgan fingerprint density at radius 1 is 1.00 bits per heavy atom. The molecule has 0 aromatic heterocycles. The number of ether oxygens (including phenoxy) is 2. The fourth-order valence-corrected chi connectivity index (χ4v) is 2.49. The van der Waals surface area contributed by atoms with E-state index in [-0.39, 0.29) is 1.43 Å². The average Bonchev–Trinajstić information content (AvgIpc) is 2.54. The van der Waals surface area contributed by atoms with Gasteiger partial charge in [-0.15, -0.1) is 0 Å².